The number of hydrogen-bond donors (Lipinski definition) is 2. The van der Waals surface area contributed by atoms with Crippen molar-refractivity contribution in [3.63, 3.8) is 0 Å². The molecule has 0 aliphatic heterocycles. The molecule has 2 nitrogen and oxygen atoms in total. The van der Waals surface area contributed by atoms with E-state index in [0.717, 1.165) is 17.8 Å². The molecule has 112 valence electrons. The zero-order valence-corrected chi connectivity index (χ0v) is 13.5. The summed E-state index contributed by atoms with van der Waals surface area (Å²) in [5.41, 5.74) is 19.0. The molecule has 21 heavy (non-hydrogen) atoms. The Morgan fingerprint density at radius 3 is 1.67 bits per heavy atom. The lowest BCUT2D eigenvalue weighted by atomic mass is 9.89. The Hall–Kier alpha value is -1.96. The van der Waals surface area contributed by atoms with Gasteiger partial charge in [0.25, 0.3) is 0 Å². The Bertz CT molecular complexity index is 581. The molecule has 0 spiro atoms. The van der Waals surface area contributed by atoms with Crippen LogP contribution >= 0.6 is 0 Å². The SMILES string of the molecule is CC(C)c1cc(Cc2ccc(N)cc2)cc(C(C)C)c1N. The maximum atomic E-state index is 6.35. The van der Waals surface area contributed by atoms with E-state index in [-0.39, 0.29) is 0 Å². The summed E-state index contributed by atoms with van der Waals surface area (Å²) in [5.74, 6) is 0.878. The molecule has 0 atom stereocenters. The van der Waals surface area contributed by atoms with Gasteiger partial charge in [-0.1, -0.05) is 52.0 Å². The molecule has 2 aromatic rings. The summed E-state index contributed by atoms with van der Waals surface area (Å²) in [7, 11) is 0. The van der Waals surface area contributed by atoms with Crippen LogP contribution in [0, 0.1) is 0 Å². The molecule has 0 aromatic heterocycles. The molecular formula is C19H26N2. The summed E-state index contributed by atoms with van der Waals surface area (Å²) < 4.78 is 0. The van der Waals surface area contributed by atoms with Gasteiger partial charge in [0.2, 0.25) is 0 Å². The van der Waals surface area contributed by atoms with Gasteiger partial charge in [0.1, 0.15) is 0 Å². The number of nitrogens with two attached hydrogens (primary N) is 2. The minimum atomic E-state index is 0.439. The molecule has 2 aromatic carbocycles. The first kappa shape index (κ1) is 15.4. The van der Waals surface area contributed by atoms with Crippen LogP contribution in [0.2, 0.25) is 0 Å². The lowest BCUT2D eigenvalue weighted by Crippen LogP contribution is -2.05. The standard InChI is InChI=1S/C19H26N2/c1-12(2)17-10-15(11-18(13(3)4)19(17)21)9-14-5-7-16(20)8-6-14/h5-8,10-13H,9,20-21H2,1-4H3. The highest BCUT2D eigenvalue weighted by molar-refractivity contribution is 5.58. The van der Waals surface area contributed by atoms with Crippen molar-refractivity contribution in [3.05, 3.63) is 58.7 Å². The van der Waals surface area contributed by atoms with Gasteiger partial charge in [-0.05, 0) is 52.6 Å². The van der Waals surface area contributed by atoms with Crippen LogP contribution < -0.4 is 11.5 Å². The van der Waals surface area contributed by atoms with E-state index in [1.807, 2.05) is 12.1 Å². The highest BCUT2D eigenvalue weighted by Gasteiger charge is 2.13. The van der Waals surface area contributed by atoms with Crippen LogP contribution in [-0.4, -0.2) is 0 Å². The Morgan fingerprint density at radius 2 is 1.24 bits per heavy atom. The second-order valence-electron chi connectivity index (χ2n) is 6.42. The molecular weight excluding hydrogens is 256 g/mol. The predicted molar refractivity (Wildman–Crippen MR) is 92.7 cm³/mol. The van der Waals surface area contributed by atoms with Gasteiger partial charge < -0.3 is 11.5 Å². The average molecular weight is 282 g/mol. The summed E-state index contributed by atoms with van der Waals surface area (Å²) in [4.78, 5) is 0. The second kappa shape index (κ2) is 6.21. The number of benzene rings is 2. The summed E-state index contributed by atoms with van der Waals surface area (Å²) in [5, 5.41) is 0. The third-order valence-electron chi connectivity index (χ3n) is 3.94. The maximum Gasteiger partial charge on any atom is 0.0384 e. The van der Waals surface area contributed by atoms with Crippen molar-refractivity contribution in [1.29, 1.82) is 0 Å². The summed E-state index contributed by atoms with van der Waals surface area (Å²) in [6.45, 7) is 8.79. The Morgan fingerprint density at radius 1 is 0.762 bits per heavy atom. The molecule has 0 saturated carbocycles. The largest absolute Gasteiger partial charge is 0.399 e. The van der Waals surface area contributed by atoms with E-state index < -0.39 is 0 Å². The lowest BCUT2D eigenvalue weighted by Gasteiger charge is -2.19. The minimum absolute atomic E-state index is 0.439. The highest BCUT2D eigenvalue weighted by Crippen LogP contribution is 2.32. The molecule has 0 heterocycles. The zero-order chi connectivity index (χ0) is 15.6. The van der Waals surface area contributed by atoms with E-state index in [0.29, 0.717) is 11.8 Å². The van der Waals surface area contributed by atoms with Crippen LogP contribution in [0.1, 0.15) is 61.8 Å². The number of rotatable bonds is 4. The fourth-order valence-electron chi connectivity index (χ4n) is 2.69. The van der Waals surface area contributed by atoms with Gasteiger partial charge in [-0.2, -0.15) is 0 Å². The fourth-order valence-corrected chi connectivity index (χ4v) is 2.69. The first-order valence-electron chi connectivity index (χ1n) is 7.65. The van der Waals surface area contributed by atoms with E-state index in [1.165, 1.54) is 22.3 Å². The molecule has 0 unspecified atom stereocenters. The van der Waals surface area contributed by atoms with Crippen LogP contribution in [0.5, 0.6) is 0 Å². The van der Waals surface area contributed by atoms with Crippen molar-refractivity contribution < 1.29 is 0 Å². The minimum Gasteiger partial charge on any atom is -0.399 e. The number of nitrogen functional groups attached to an aromatic ring is 2. The molecule has 0 bridgehead atoms. The molecule has 2 heteroatoms. The molecule has 0 amide bonds. The third-order valence-corrected chi connectivity index (χ3v) is 3.94. The summed E-state index contributed by atoms with van der Waals surface area (Å²) >= 11 is 0. The normalized spacial score (nSPS) is 11.3. The number of hydrogen-bond acceptors (Lipinski definition) is 2. The first-order valence-corrected chi connectivity index (χ1v) is 7.65. The van der Waals surface area contributed by atoms with Gasteiger partial charge in [0.05, 0.1) is 0 Å². The van der Waals surface area contributed by atoms with E-state index in [4.69, 9.17) is 11.5 Å². The molecule has 4 N–H and O–H groups in total. The van der Waals surface area contributed by atoms with Gasteiger partial charge in [-0.3, -0.25) is 0 Å². The number of anilines is 2. The van der Waals surface area contributed by atoms with Crippen LogP contribution in [0.25, 0.3) is 0 Å². The molecule has 2 rings (SSSR count). The van der Waals surface area contributed by atoms with Crippen LogP contribution in [0.4, 0.5) is 11.4 Å². The van der Waals surface area contributed by atoms with Crippen molar-refractivity contribution in [2.24, 2.45) is 0 Å². The van der Waals surface area contributed by atoms with Crippen molar-refractivity contribution in [2.45, 2.75) is 46.0 Å². The van der Waals surface area contributed by atoms with E-state index in [9.17, 15) is 0 Å². The van der Waals surface area contributed by atoms with E-state index >= 15 is 0 Å². The van der Waals surface area contributed by atoms with Crippen molar-refractivity contribution in [3.8, 4) is 0 Å². The highest BCUT2D eigenvalue weighted by atomic mass is 14.6. The van der Waals surface area contributed by atoms with Gasteiger partial charge in [-0.15, -0.1) is 0 Å². The molecule has 0 radical (unpaired) electrons. The van der Waals surface area contributed by atoms with Gasteiger partial charge in [0, 0.05) is 11.4 Å². The van der Waals surface area contributed by atoms with E-state index in [1.54, 1.807) is 0 Å². The monoisotopic (exact) mass is 282 g/mol. The molecule has 0 saturated heterocycles. The molecule has 0 aliphatic rings. The smallest absolute Gasteiger partial charge is 0.0384 e. The van der Waals surface area contributed by atoms with Crippen molar-refractivity contribution in [1.82, 2.24) is 0 Å². The summed E-state index contributed by atoms with van der Waals surface area (Å²) in [6.07, 6.45) is 0.917. The molecule has 0 fully saturated rings. The first-order chi connectivity index (χ1) is 9.88. The van der Waals surface area contributed by atoms with Crippen LogP contribution in [0.3, 0.4) is 0 Å². The zero-order valence-electron chi connectivity index (χ0n) is 13.5. The van der Waals surface area contributed by atoms with Gasteiger partial charge in [-0.25, -0.2) is 0 Å². The fraction of sp³-hybridized carbons (Fsp3) is 0.368. The predicted octanol–water partition coefficient (Wildman–Crippen LogP) is 4.69. The van der Waals surface area contributed by atoms with Gasteiger partial charge in [0.15, 0.2) is 0 Å². The van der Waals surface area contributed by atoms with Crippen molar-refractivity contribution in [2.75, 3.05) is 11.5 Å². The Labute approximate surface area is 128 Å². The average Bonchev–Trinajstić information content (AvgIpc) is 2.42. The Kier molecular flexibility index (Phi) is 4.56. The second-order valence-corrected chi connectivity index (χ2v) is 6.42. The maximum absolute atomic E-state index is 6.35. The lowest BCUT2D eigenvalue weighted by molar-refractivity contribution is 0.834. The Balaban J connectivity index is 2.41. The van der Waals surface area contributed by atoms with Crippen LogP contribution in [0.15, 0.2) is 36.4 Å². The van der Waals surface area contributed by atoms with Gasteiger partial charge >= 0.3 is 0 Å². The molecule has 0 aliphatic carbocycles. The van der Waals surface area contributed by atoms with Crippen molar-refractivity contribution >= 4 is 11.4 Å². The van der Waals surface area contributed by atoms with Crippen LogP contribution in [-0.2, 0) is 6.42 Å². The van der Waals surface area contributed by atoms with E-state index in [2.05, 4.69) is 52.0 Å². The topological polar surface area (TPSA) is 52.0 Å². The third kappa shape index (κ3) is 3.57. The summed E-state index contributed by atoms with van der Waals surface area (Å²) in [6, 6.07) is 12.6. The quantitative estimate of drug-likeness (QED) is 0.799.